The second-order valence-electron chi connectivity index (χ2n) is 11.4. The number of amides is 1. The molecule has 2 aliphatic heterocycles. The minimum atomic E-state index is -1.87. The van der Waals surface area contributed by atoms with Crippen LogP contribution in [0.2, 0.25) is 0 Å². The summed E-state index contributed by atoms with van der Waals surface area (Å²) >= 11 is 0. The molecule has 1 aromatic carbocycles. The number of aromatic carboxylic acids is 1. The van der Waals surface area contributed by atoms with Crippen molar-refractivity contribution in [1.82, 2.24) is 14.7 Å². The molecule has 1 aromatic heterocycles. The van der Waals surface area contributed by atoms with Crippen molar-refractivity contribution in [3.8, 4) is 0 Å². The molecule has 0 bridgehead atoms. The van der Waals surface area contributed by atoms with E-state index in [1.54, 1.807) is 23.0 Å². The van der Waals surface area contributed by atoms with Crippen LogP contribution in [-0.4, -0.2) is 63.3 Å². The number of hydrogen-bond acceptors (Lipinski definition) is 5. The normalized spacial score (nSPS) is 23.5. The van der Waals surface area contributed by atoms with E-state index in [0.717, 1.165) is 6.08 Å². The highest BCUT2D eigenvalue weighted by Gasteiger charge is 2.47. The number of carbonyl (C=O) groups is 2. The molecule has 2 unspecified atom stereocenters. The fourth-order valence-corrected chi connectivity index (χ4v) is 5.33. The molecule has 2 atom stereocenters. The van der Waals surface area contributed by atoms with Crippen molar-refractivity contribution in [2.24, 2.45) is 0 Å². The fourth-order valence-electron chi connectivity index (χ4n) is 5.33. The Labute approximate surface area is 224 Å². The first-order valence-electron chi connectivity index (χ1n) is 12.9. The van der Waals surface area contributed by atoms with Gasteiger partial charge in [-0.15, -0.1) is 0 Å². The summed E-state index contributed by atoms with van der Waals surface area (Å²) in [5.41, 5.74) is 0.506. The highest BCUT2D eigenvalue weighted by atomic mass is 19.2. The van der Waals surface area contributed by atoms with Crippen LogP contribution in [0.4, 0.5) is 23.7 Å². The molecule has 39 heavy (non-hydrogen) atoms. The topological polar surface area (TPSA) is 87.9 Å². The summed E-state index contributed by atoms with van der Waals surface area (Å²) in [5, 5.41) is 13.7. The van der Waals surface area contributed by atoms with Gasteiger partial charge in [-0.25, -0.2) is 22.8 Å². The van der Waals surface area contributed by atoms with E-state index in [1.165, 1.54) is 17.0 Å². The number of aromatic nitrogens is 2. The zero-order valence-corrected chi connectivity index (χ0v) is 22.0. The second kappa shape index (κ2) is 9.86. The number of carboxylic acids is 1. The molecule has 0 saturated carbocycles. The molecule has 2 aromatic rings. The zero-order chi connectivity index (χ0) is 28.1. The molecule has 2 saturated heterocycles. The van der Waals surface area contributed by atoms with Gasteiger partial charge in [0, 0.05) is 56.0 Å². The monoisotopic (exact) mass is 544 g/mol. The molecule has 1 aliphatic carbocycles. The van der Waals surface area contributed by atoms with Gasteiger partial charge in [-0.1, -0.05) is 0 Å². The third-order valence-corrected chi connectivity index (χ3v) is 7.57. The molecule has 5 rings (SSSR count). The Morgan fingerprint density at radius 1 is 1.18 bits per heavy atom. The van der Waals surface area contributed by atoms with E-state index < -0.39 is 46.9 Å². The van der Waals surface area contributed by atoms with Gasteiger partial charge in [0.1, 0.15) is 23.4 Å². The number of allylic oxidation sites excluding steroid dienone is 4. The fraction of sp³-hybridized carbons (Fsp3) is 0.464. The number of benzene rings is 1. The number of alkyl halides is 1. The Hall–Kier alpha value is -3.60. The van der Waals surface area contributed by atoms with Crippen molar-refractivity contribution in [2.45, 2.75) is 63.4 Å². The van der Waals surface area contributed by atoms with Crippen molar-refractivity contribution >= 4 is 17.7 Å². The Morgan fingerprint density at radius 2 is 1.85 bits per heavy atom. The van der Waals surface area contributed by atoms with Gasteiger partial charge in [0.2, 0.25) is 0 Å². The van der Waals surface area contributed by atoms with Crippen molar-refractivity contribution in [3.05, 3.63) is 71.1 Å². The summed E-state index contributed by atoms with van der Waals surface area (Å²) in [5.74, 6) is -4.18. The largest absolute Gasteiger partial charge is 0.478 e. The van der Waals surface area contributed by atoms with Crippen LogP contribution in [0, 0.1) is 0 Å². The average molecular weight is 545 g/mol. The molecule has 2 fully saturated rings. The molecule has 1 spiro atoms. The number of ether oxygens (including phenoxy) is 1. The SMILES string of the molecule is CC(C)(C)n1cc(CN2CCC3(CC2)CN(c2ccc(C(=O)O)cc2)C(=O)O3)c(C2C(F)=CC(F)=CC2F)n1. The zero-order valence-electron chi connectivity index (χ0n) is 22.0. The standard InChI is InChI=1S/C28H31F3N4O4/c1-27(2,3)35-15-18(24(32-35)23-21(30)12-19(29)13-22(23)31)14-33-10-8-28(9-11-33)16-34(26(38)39-28)20-6-4-17(5-7-20)25(36)37/h4-7,12-13,15,21,23H,8-11,14,16H2,1-3H3,(H,36,37). The number of halogens is 3. The molecule has 208 valence electrons. The van der Waals surface area contributed by atoms with Gasteiger partial charge >= 0.3 is 12.1 Å². The van der Waals surface area contributed by atoms with E-state index in [2.05, 4.69) is 10.00 Å². The van der Waals surface area contributed by atoms with Crippen molar-refractivity contribution in [1.29, 1.82) is 0 Å². The van der Waals surface area contributed by atoms with Crippen LogP contribution in [0.25, 0.3) is 0 Å². The molecule has 8 nitrogen and oxygen atoms in total. The highest BCUT2D eigenvalue weighted by molar-refractivity contribution is 5.92. The van der Waals surface area contributed by atoms with E-state index in [0.29, 0.717) is 56.3 Å². The van der Waals surface area contributed by atoms with E-state index in [-0.39, 0.29) is 11.3 Å². The van der Waals surface area contributed by atoms with E-state index in [1.807, 2.05) is 20.8 Å². The number of carboxylic acid groups (broad SMARTS) is 1. The summed E-state index contributed by atoms with van der Waals surface area (Å²) in [4.78, 5) is 27.5. The molecule has 3 aliphatic rings. The van der Waals surface area contributed by atoms with Crippen LogP contribution in [0.1, 0.15) is 61.1 Å². The third-order valence-electron chi connectivity index (χ3n) is 7.57. The lowest BCUT2D eigenvalue weighted by atomic mass is 9.89. The number of likely N-dealkylation sites (tertiary alicyclic amines) is 1. The Morgan fingerprint density at radius 3 is 2.44 bits per heavy atom. The van der Waals surface area contributed by atoms with Crippen LogP contribution >= 0.6 is 0 Å². The Balaban J connectivity index is 1.30. The van der Waals surface area contributed by atoms with E-state index >= 15 is 0 Å². The highest BCUT2D eigenvalue weighted by Crippen LogP contribution is 2.40. The van der Waals surface area contributed by atoms with E-state index in [4.69, 9.17) is 9.84 Å². The van der Waals surface area contributed by atoms with Gasteiger partial charge in [0.05, 0.1) is 29.3 Å². The molecular weight excluding hydrogens is 513 g/mol. The number of anilines is 1. The lowest BCUT2D eigenvalue weighted by Gasteiger charge is -2.37. The lowest BCUT2D eigenvalue weighted by molar-refractivity contribution is -0.00105. The number of carbonyl (C=O) groups excluding carboxylic acids is 1. The first-order chi connectivity index (χ1) is 18.3. The van der Waals surface area contributed by atoms with E-state index in [9.17, 15) is 22.8 Å². The number of nitrogens with zero attached hydrogens (tertiary/aromatic N) is 4. The third kappa shape index (κ3) is 5.32. The minimum absolute atomic E-state index is 0.132. The van der Waals surface area contributed by atoms with Gasteiger partial charge in [-0.3, -0.25) is 14.5 Å². The van der Waals surface area contributed by atoms with Gasteiger partial charge in [-0.2, -0.15) is 5.10 Å². The van der Waals surface area contributed by atoms with Crippen molar-refractivity contribution in [2.75, 3.05) is 24.5 Å². The predicted molar refractivity (Wildman–Crippen MR) is 138 cm³/mol. The lowest BCUT2D eigenvalue weighted by Crippen LogP contribution is -2.46. The molecule has 3 heterocycles. The molecule has 0 radical (unpaired) electrons. The number of rotatable bonds is 5. The first-order valence-corrected chi connectivity index (χ1v) is 12.9. The second-order valence-corrected chi connectivity index (χ2v) is 11.4. The first kappa shape index (κ1) is 27.0. The van der Waals surface area contributed by atoms with Crippen LogP contribution in [0.15, 0.2) is 54.3 Å². The average Bonchev–Trinajstić information content (AvgIpc) is 3.41. The Bertz CT molecular complexity index is 1340. The summed E-state index contributed by atoms with van der Waals surface area (Å²) in [6.45, 7) is 7.70. The molecule has 1 amide bonds. The van der Waals surface area contributed by atoms with Gasteiger partial charge in [0.15, 0.2) is 0 Å². The molecule has 1 N–H and O–H groups in total. The number of hydrogen-bond donors (Lipinski definition) is 1. The van der Waals surface area contributed by atoms with Crippen LogP contribution in [-0.2, 0) is 16.8 Å². The molecule has 11 heteroatoms. The summed E-state index contributed by atoms with van der Waals surface area (Å²) in [6.07, 6.45) is 2.05. The minimum Gasteiger partial charge on any atom is -0.478 e. The van der Waals surface area contributed by atoms with Crippen LogP contribution in [0.5, 0.6) is 0 Å². The van der Waals surface area contributed by atoms with Gasteiger partial charge < -0.3 is 9.84 Å². The number of piperidine rings is 1. The quantitative estimate of drug-likeness (QED) is 0.537. The molecular formula is C28H31F3N4O4. The van der Waals surface area contributed by atoms with Crippen molar-refractivity contribution < 1.29 is 32.6 Å². The maximum Gasteiger partial charge on any atom is 0.415 e. The van der Waals surface area contributed by atoms with Crippen molar-refractivity contribution in [3.63, 3.8) is 0 Å². The summed E-state index contributed by atoms with van der Waals surface area (Å²) in [6, 6.07) is 6.07. The maximum absolute atomic E-state index is 14.8. The summed E-state index contributed by atoms with van der Waals surface area (Å²) in [7, 11) is 0. The van der Waals surface area contributed by atoms with Crippen LogP contribution < -0.4 is 4.90 Å². The predicted octanol–water partition coefficient (Wildman–Crippen LogP) is 5.47. The summed E-state index contributed by atoms with van der Waals surface area (Å²) < 4.78 is 50.7. The maximum atomic E-state index is 14.8. The Kier molecular flexibility index (Phi) is 6.82. The van der Waals surface area contributed by atoms with Gasteiger partial charge in [-0.05, 0) is 51.1 Å². The van der Waals surface area contributed by atoms with Crippen LogP contribution in [0.3, 0.4) is 0 Å². The van der Waals surface area contributed by atoms with Gasteiger partial charge in [0.25, 0.3) is 0 Å². The smallest absolute Gasteiger partial charge is 0.415 e.